The molecule has 156 valence electrons. The third-order valence-corrected chi connectivity index (χ3v) is 7.30. The first-order valence-electron chi connectivity index (χ1n) is 9.82. The Kier molecular flexibility index (Phi) is 5.69. The predicted octanol–water partition coefficient (Wildman–Crippen LogP) is 4.13. The van der Waals surface area contributed by atoms with E-state index in [9.17, 15) is 8.42 Å². The van der Waals surface area contributed by atoms with Crippen molar-refractivity contribution in [3.05, 3.63) is 60.7 Å². The minimum absolute atomic E-state index is 0. The lowest BCUT2D eigenvalue weighted by molar-refractivity contribution is 0.480. The van der Waals surface area contributed by atoms with Gasteiger partial charge in [-0.1, -0.05) is 42.5 Å². The smallest absolute Gasteiger partial charge is 0.224 e. The molecule has 0 saturated carbocycles. The van der Waals surface area contributed by atoms with E-state index in [0.29, 0.717) is 22.3 Å². The molecule has 1 fully saturated rings. The Morgan fingerprint density at radius 1 is 0.967 bits per heavy atom. The van der Waals surface area contributed by atoms with E-state index >= 15 is 0 Å². The van der Waals surface area contributed by atoms with Crippen LogP contribution in [0.2, 0.25) is 0 Å². The molecule has 4 aromatic rings. The maximum atomic E-state index is 13.5. The van der Waals surface area contributed by atoms with Crippen LogP contribution >= 0.6 is 12.4 Å². The number of H-pyrrole nitrogens is 1. The number of halogens is 1. The fraction of sp³-hybridized carbons (Fsp3) is 0.227. The molecule has 3 aromatic carbocycles. The highest BCUT2D eigenvalue weighted by atomic mass is 35.5. The van der Waals surface area contributed by atoms with Crippen molar-refractivity contribution < 1.29 is 8.42 Å². The van der Waals surface area contributed by atoms with Crippen molar-refractivity contribution >= 4 is 49.6 Å². The van der Waals surface area contributed by atoms with Crippen LogP contribution in [0.25, 0.3) is 21.7 Å². The second kappa shape index (κ2) is 8.26. The Labute approximate surface area is 181 Å². The monoisotopic (exact) mass is 442 g/mol. The number of nitrogens with zero attached hydrogens (tertiary/aromatic N) is 1. The van der Waals surface area contributed by atoms with Crippen LogP contribution in [0, 0.1) is 0 Å². The summed E-state index contributed by atoms with van der Waals surface area (Å²) in [6, 6.07) is 18.8. The standard InChI is InChI=1S/C22H22N4O2S.ClH/c27-29(28,20-12-3-7-15-6-1-2-9-17(15)20)22-18-10-4-11-19(21(18)25-26-22)24-16-8-5-13-23-14-16;/h1-4,6-7,9-12,16,23-24H,5,8,13-14H2,(H,25,26);1H. The Morgan fingerprint density at radius 3 is 2.57 bits per heavy atom. The maximum Gasteiger partial charge on any atom is 0.224 e. The molecule has 1 aromatic heterocycles. The number of fused-ring (bicyclic) bond motifs is 2. The molecule has 2 heterocycles. The number of piperidine rings is 1. The number of benzene rings is 3. The van der Waals surface area contributed by atoms with Crippen LogP contribution in [-0.4, -0.2) is 37.7 Å². The molecule has 0 bridgehead atoms. The molecule has 1 saturated heterocycles. The number of nitrogens with one attached hydrogen (secondary N) is 3. The quantitative estimate of drug-likeness (QED) is 0.442. The van der Waals surface area contributed by atoms with Crippen LogP contribution in [0.5, 0.6) is 0 Å². The van der Waals surface area contributed by atoms with E-state index in [-0.39, 0.29) is 22.3 Å². The molecule has 0 amide bonds. The van der Waals surface area contributed by atoms with Crippen molar-refractivity contribution in [1.82, 2.24) is 15.5 Å². The average molecular weight is 443 g/mol. The molecule has 8 heteroatoms. The van der Waals surface area contributed by atoms with Crippen molar-refractivity contribution in [2.24, 2.45) is 0 Å². The first-order chi connectivity index (χ1) is 14.1. The molecule has 1 atom stereocenters. The van der Waals surface area contributed by atoms with Crippen molar-refractivity contribution in [2.75, 3.05) is 18.4 Å². The van der Waals surface area contributed by atoms with Gasteiger partial charge in [0.2, 0.25) is 9.84 Å². The number of hydrogen-bond acceptors (Lipinski definition) is 5. The van der Waals surface area contributed by atoms with Gasteiger partial charge < -0.3 is 10.6 Å². The number of aromatic amines is 1. The van der Waals surface area contributed by atoms with E-state index < -0.39 is 9.84 Å². The summed E-state index contributed by atoms with van der Waals surface area (Å²) in [4.78, 5) is 0.288. The third kappa shape index (κ3) is 3.53. The first kappa shape index (κ1) is 20.7. The van der Waals surface area contributed by atoms with Gasteiger partial charge in [0, 0.05) is 23.4 Å². The van der Waals surface area contributed by atoms with Crippen LogP contribution in [-0.2, 0) is 9.84 Å². The molecule has 6 nitrogen and oxygen atoms in total. The van der Waals surface area contributed by atoms with E-state index in [2.05, 4.69) is 20.8 Å². The summed E-state index contributed by atoms with van der Waals surface area (Å²) in [7, 11) is -3.76. The number of rotatable bonds is 4. The molecule has 5 rings (SSSR count). The first-order valence-corrected chi connectivity index (χ1v) is 11.3. The van der Waals surface area contributed by atoms with Gasteiger partial charge in [0.1, 0.15) is 5.52 Å². The normalized spacial score (nSPS) is 17.0. The highest BCUT2D eigenvalue weighted by Gasteiger charge is 2.26. The van der Waals surface area contributed by atoms with E-state index in [1.807, 2.05) is 42.5 Å². The summed E-state index contributed by atoms with van der Waals surface area (Å²) in [5.74, 6) is 0. The summed E-state index contributed by atoms with van der Waals surface area (Å²) >= 11 is 0. The number of sulfone groups is 1. The average Bonchev–Trinajstić information content (AvgIpc) is 3.20. The van der Waals surface area contributed by atoms with Gasteiger partial charge in [0.25, 0.3) is 0 Å². The van der Waals surface area contributed by atoms with Crippen LogP contribution in [0.4, 0.5) is 5.69 Å². The lowest BCUT2D eigenvalue weighted by atomic mass is 10.1. The van der Waals surface area contributed by atoms with Crippen LogP contribution in [0.1, 0.15) is 12.8 Å². The molecule has 3 N–H and O–H groups in total. The van der Waals surface area contributed by atoms with Gasteiger partial charge in [-0.25, -0.2) is 8.42 Å². The van der Waals surface area contributed by atoms with Crippen molar-refractivity contribution in [3.8, 4) is 0 Å². The summed E-state index contributed by atoms with van der Waals surface area (Å²) in [6.07, 6.45) is 2.20. The maximum absolute atomic E-state index is 13.5. The number of para-hydroxylation sites is 1. The molecular formula is C22H23ClN4O2S. The fourth-order valence-electron chi connectivity index (χ4n) is 4.07. The highest BCUT2D eigenvalue weighted by molar-refractivity contribution is 7.91. The van der Waals surface area contributed by atoms with Gasteiger partial charge in [-0.05, 0) is 43.0 Å². The molecule has 0 aliphatic carbocycles. The van der Waals surface area contributed by atoms with Gasteiger partial charge in [0.15, 0.2) is 5.03 Å². The lowest BCUT2D eigenvalue weighted by Crippen LogP contribution is -2.38. The molecule has 1 aliphatic rings. The molecular weight excluding hydrogens is 420 g/mol. The number of anilines is 1. The van der Waals surface area contributed by atoms with Gasteiger partial charge in [0.05, 0.1) is 10.6 Å². The molecule has 1 aliphatic heterocycles. The number of hydrogen-bond donors (Lipinski definition) is 3. The Bertz CT molecular complexity index is 1290. The van der Waals surface area contributed by atoms with Crippen LogP contribution < -0.4 is 10.6 Å². The minimum Gasteiger partial charge on any atom is -0.379 e. The lowest BCUT2D eigenvalue weighted by Gasteiger charge is -2.24. The van der Waals surface area contributed by atoms with Gasteiger partial charge in [-0.2, -0.15) is 5.10 Å². The van der Waals surface area contributed by atoms with E-state index in [0.717, 1.165) is 37.0 Å². The SMILES string of the molecule is Cl.O=S(=O)(c1cccc2ccccc12)c1[nH]nc2c(NC3CCCNC3)cccc12. The van der Waals surface area contributed by atoms with Crippen molar-refractivity contribution in [3.63, 3.8) is 0 Å². The third-order valence-electron chi connectivity index (χ3n) is 5.51. The zero-order valence-corrected chi connectivity index (χ0v) is 17.9. The summed E-state index contributed by atoms with van der Waals surface area (Å²) in [6.45, 7) is 1.93. The Balaban J connectivity index is 0.00000218. The topological polar surface area (TPSA) is 86.9 Å². The fourth-order valence-corrected chi connectivity index (χ4v) is 5.64. The van der Waals surface area contributed by atoms with Gasteiger partial charge >= 0.3 is 0 Å². The number of aromatic nitrogens is 2. The van der Waals surface area contributed by atoms with Gasteiger partial charge in [-0.3, -0.25) is 5.10 Å². The zero-order valence-electron chi connectivity index (χ0n) is 16.3. The summed E-state index contributed by atoms with van der Waals surface area (Å²) < 4.78 is 27.0. The predicted molar refractivity (Wildman–Crippen MR) is 122 cm³/mol. The molecule has 1 unspecified atom stereocenters. The summed E-state index contributed by atoms with van der Waals surface area (Å²) in [5.41, 5.74) is 1.50. The second-order valence-electron chi connectivity index (χ2n) is 7.42. The van der Waals surface area contributed by atoms with Gasteiger partial charge in [-0.15, -0.1) is 12.4 Å². The van der Waals surface area contributed by atoms with E-state index in [4.69, 9.17) is 0 Å². The summed E-state index contributed by atoms with van der Waals surface area (Å²) in [5, 5.41) is 16.4. The molecule has 30 heavy (non-hydrogen) atoms. The zero-order chi connectivity index (χ0) is 19.8. The van der Waals surface area contributed by atoms with E-state index in [1.54, 1.807) is 18.2 Å². The Morgan fingerprint density at radius 2 is 1.73 bits per heavy atom. The molecule has 0 radical (unpaired) electrons. The van der Waals surface area contributed by atoms with Crippen LogP contribution in [0.3, 0.4) is 0 Å². The Hall–Kier alpha value is -2.61. The van der Waals surface area contributed by atoms with E-state index in [1.165, 1.54) is 0 Å². The molecule has 0 spiro atoms. The van der Waals surface area contributed by atoms with Crippen molar-refractivity contribution in [1.29, 1.82) is 0 Å². The minimum atomic E-state index is -3.76. The largest absolute Gasteiger partial charge is 0.379 e. The van der Waals surface area contributed by atoms with Crippen LogP contribution in [0.15, 0.2) is 70.6 Å². The second-order valence-corrected chi connectivity index (χ2v) is 9.28. The van der Waals surface area contributed by atoms with Crippen molar-refractivity contribution in [2.45, 2.75) is 28.8 Å². The highest BCUT2D eigenvalue weighted by Crippen LogP contribution is 2.33.